The lowest BCUT2D eigenvalue weighted by Gasteiger charge is -2.34. The maximum atomic E-state index is 12.2. The molecule has 0 radical (unpaired) electrons. The van der Waals surface area contributed by atoms with Crippen molar-refractivity contribution in [3.8, 4) is 0 Å². The van der Waals surface area contributed by atoms with E-state index in [1.807, 2.05) is 0 Å². The van der Waals surface area contributed by atoms with E-state index in [2.05, 4.69) is 0 Å². The number of hydrogen-bond acceptors (Lipinski definition) is 4. The lowest BCUT2D eigenvalue weighted by atomic mass is 10.0. The van der Waals surface area contributed by atoms with Crippen LogP contribution in [0.25, 0.3) is 0 Å². The second kappa shape index (κ2) is 5.48. The fourth-order valence-corrected chi connectivity index (χ4v) is 2.04. The first-order valence-corrected chi connectivity index (χ1v) is 6.22. The molecule has 0 aromatic rings. The van der Waals surface area contributed by atoms with Gasteiger partial charge in [0.15, 0.2) is 0 Å². The summed E-state index contributed by atoms with van der Waals surface area (Å²) in [6.45, 7) is 4.10. The molecular formula is C12H19N3O5. The van der Waals surface area contributed by atoms with Gasteiger partial charge in [0, 0.05) is 13.6 Å². The van der Waals surface area contributed by atoms with Crippen LogP contribution in [0, 0.1) is 0 Å². The molecule has 0 atom stereocenters. The summed E-state index contributed by atoms with van der Waals surface area (Å²) >= 11 is 0. The highest BCUT2D eigenvalue weighted by Gasteiger charge is 2.40. The van der Waals surface area contributed by atoms with Crippen molar-refractivity contribution in [3.63, 3.8) is 0 Å². The molecule has 112 valence electrons. The average Bonchev–Trinajstić information content (AvgIpc) is 2.56. The van der Waals surface area contributed by atoms with Gasteiger partial charge in [-0.2, -0.15) is 0 Å². The highest BCUT2D eigenvalue weighted by Crippen LogP contribution is 2.16. The first kappa shape index (κ1) is 15.9. The van der Waals surface area contributed by atoms with Crippen LogP contribution in [0.4, 0.5) is 4.79 Å². The van der Waals surface area contributed by atoms with E-state index in [-0.39, 0.29) is 13.1 Å². The topological polar surface area (TPSA) is 98.2 Å². The minimum atomic E-state index is -1.40. The lowest BCUT2D eigenvalue weighted by molar-refractivity contribution is -0.157. The van der Waals surface area contributed by atoms with Crippen molar-refractivity contribution in [1.82, 2.24) is 14.7 Å². The predicted octanol–water partition coefficient (Wildman–Crippen LogP) is -0.408. The summed E-state index contributed by atoms with van der Waals surface area (Å²) in [5.74, 6) is -2.18. The molecule has 1 aliphatic heterocycles. The number of aliphatic carboxylic acids is 1. The van der Waals surface area contributed by atoms with Crippen LogP contribution < -0.4 is 0 Å². The van der Waals surface area contributed by atoms with Crippen LogP contribution in [0.2, 0.25) is 0 Å². The van der Waals surface area contributed by atoms with Gasteiger partial charge in [0.25, 0.3) is 5.91 Å². The Morgan fingerprint density at radius 3 is 2.25 bits per heavy atom. The summed E-state index contributed by atoms with van der Waals surface area (Å²) in [5, 5.41) is 9.15. The van der Waals surface area contributed by atoms with Gasteiger partial charge < -0.3 is 14.9 Å². The third kappa shape index (κ3) is 2.73. The van der Waals surface area contributed by atoms with E-state index in [9.17, 15) is 19.2 Å². The first-order valence-electron chi connectivity index (χ1n) is 6.22. The third-order valence-electron chi connectivity index (χ3n) is 3.34. The molecule has 0 spiro atoms. The first-order chi connectivity index (χ1) is 9.12. The third-order valence-corrected chi connectivity index (χ3v) is 3.34. The second-order valence-electron chi connectivity index (χ2n) is 5.12. The minimum absolute atomic E-state index is 0.0689. The summed E-state index contributed by atoms with van der Waals surface area (Å²) in [6, 6.07) is -0.549. The Labute approximate surface area is 116 Å². The molecule has 0 bridgehead atoms. The Kier molecular flexibility index (Phi) is 4.36. The van der Waals surface area contributed by atoms with Gasteiger partial charge >= 0.3 is 12.0 Å². The van der Waals surface area contributed by atoms with E-state index in [1.165, 1.54) is 25.8 Å². The van der Waals surface area contributed by atoms with E-state index >= 15 is 0 Å². The standard InChI is InChI=1S/C12H19N3O5/c1-5-15(12(2,3)10(18)19)9(17)7-14-8(16)6-13(4)11(14)20/h5-7H2,1-4H3,(H,18,19). The molecule has 1 saturated heterocycles. The molecule has 0 aromatic heterocycles. The summed E-state index contributed by atoms with van der Waals surface area (Å²) in [7, 11) is 1.46. The van der Waals surface area contributed by atoms with Crippen molar-refractivity contribution < 1.29 is 24.3 Å². The molecule has 1 heterocycles. The molecule has 8 nitrogen and oxygen atoms in total. The van der Waals surface area contributed by atoms with Gasteiger partial charge in [-0.05, 0) is 20.8 Å². The number of carboxylic acid groups (broad SMARTS) is 1. The van der Waals surface area contributed by atoms with Gasteiger partial charge in [-0.1, -0.05) is 0 Å². The van der Waals surface area contributed by atoms with Crippen LogP contribution in [-0.4, -0.2) is 75.8 Å². The molecule has 0 saturated carbocycles. The van der Waals surface area contributed by atoms with Crippen LogP contribution in [0.1, 0.15) is 20.8 Å². The highest BCUT2D eigenvalue weighted by molar-refractivity contribution is 6.04. The predicted molar refractivity (Wildman–Crippen MR) is 68.8 cm³/mol. The van der Waals surface area contributed by atoms with E-state index in [0.717, 1.165) is 9.80 Å². The number of carbonyl (C=O) groups is 4. The summed E-state index contributed by atoms with van der Waals surface area (Å²) in [4.78, 5) is 49.8. The van der Waals surface area contributed by atoms with Crippen molar-refractivity contribution in [2.24, 2.45) is 0 Å². The van der Waals surface area contributed by atoms with Crippen molar-refractivity contribution in [1.29, 1.82) is 0 Å². The molecule has 20 heavy (non-hydrogen) atoms. The maximum Gasteiger partial charge on any atom is 0.329 e. The Morgan fingerprint density at radius 2 is 1.90 bits per heavy atom. The molecule has 1 N–H and O–H groups in total. The molecule has 0 unspecified atom stereocenters. The number of rotatable bonds is 5. The number of urea groups is 1. The zero-order chi connectivity index (χ0) is 15.7. The normalized spacial score (nSPS) is 15.8. The SMILES string of the molecule is CCN(C(=O)CN1C(=O)CN(C)C1=O)C(C)(C)C(=O)O. The van der Waals surface area contributed by atoms with E-state index in [0.29, 0.717) is 0 Å². The zero-order valence-electron chi connectivity index (χ0n) is 12.0. The fraction of sp³-hybridized carbons (Fsp3) is 0.667. The van der Waals surface area contributed by atoms with Gasteiger partial charge in [0.1, 0.15) is 18.6 Å². The number of likely N-dealkylation sites (N-methyl/N-ethyl adjacent to an activating group) is 2. The summed E-state index contributed by atoms with van der Waals surface area (Å²) in [5.41, 5.74) is -1.40. The van der Waals surface area contributed by atoms with Gasteiger partial charge in [-0.15, -0.1) is 0 Å². The fourth-order valence-electron chi connectivity index (χ4n) is 2.04. The molecule has 1 rings (SSSR count). The lowest BCUT2D eigenvalue weighted by Crippen LogP contribution is -2.55. The van der Waals surface area contributed by atoms with Crippen LogP contribution in [0.5, 0.6) is 0 Å². The van der Waals surface area contributed by atoms with Crippen LogP contribution in [0.3, 0.4) is 0 Å². The largest absolute Gasteiger partial charge is 0.480 e. The highest BCUT2D eigenvalue weighted by atomic mass is 16.4. The Bertz CT molecular complexity index is 460. The Balaban J connectivity index is 2.87. The van der Waals surface area contributed by atoms with Crippen molar-refractivity contribution in [2.45, 2.75) is 26.3 Å². The number of nitrogens with zero attached hydrogens (tertiary/aromatic N) is 3. The van der Waals surface area contributed by atoms with Crippen LogP contribution in [0.15, 0.2) is 0 Å². The quantitative estimate of drug-likeness (QED) is 0.693. The van der Waals surface area contributed by atoms with E-state index in [1.54, 1.807) is 6.92 Å². The number of amides is 4. The second-order valence-corrected chi connectivity index (χ2v) is 5.12. The van der Waals surface area contributed by atoms with Gasteiger partial charge in [0.05, 0.1) is 0 Å². The van der Waals surface area contributed by atoms with Crippen molar-refractivity contribution >= 4 is 23.8 Å². The molecular weight excluding hydrogens is 266 g/mol. The number of carboxylic acids is 1. The van der Waals surface area contributed by atoms with Gasteiger partial charge in [0.2, 0.25) is 5.91 Å². The van der Waals surface area contributed by atoms with Crippen molar-refractivity contribution in [3.05, 3.63) is 0 Å². The Morgan fingerprint density at radius 1 is 1.35 bits per heavy atom. The summed E-state index contributed by atoms with van der Waals surface area (Å²) < 4.78 is 0. The van der Waals surface area contributed by atoms with Crippen LogP contribution in [-0.2, 0) is 14.4 Å². The smallest absolute Gasteiger partial charge is 0.329 e. The molecule has 0 aliphatic carbocycles. The molecule has 1 aliphatic rings. The van der Waals surface area contributed by atoms with Gasteiger partial charge in [-0.3, -0.25) is 14.5 Å². The maximum absolute atomic E-state index is 12.2. The van der Waals surface area contributed by atoms with Crippen molar-refractivity contribution in [2.75, 3.05) is 26.7 Å². The summed E-state index contributed by atoms with van der Waals surface area (Å²) in [6.07, 6.45) is 0. The van der Waals surface area contributed by atoms with Crippen LogP contribution >= 0.6 is 0 Å². The van der Waals surface area contributed by atoms with Gasteiger partial charge in [-0.25, -0.2) is 9.59 Å². The van der Waals surface area contributed by atoms with E-state index in [4.69, 9.17) is 5.11 Å². The number of hydrogen-bond donors (Lipinski definition) is 1. The monoisotopic (exact) mass is 285 g/mol. The number of imide groups is 1. The average molecular weight is 285 g/mol. The molecule has 0 aromatic carbocycles. The zero-order valence-corrected chi connectivity index (χ0v) is 12.0. The molecule has 8 heteroatoms. The van der Waals surface area contributed by atoms with E-state index < -0.39 is 35.9 Å². The Hall–Kier alpha value is -2.12. The number of carbonyl (C=O) groups excluding carboxylic acids is 3. The molecule has 4 amide bonds. The minimum Gasteiger partial charge on any atom is -0.480 e. The molecule has 1 fully saturated rings.